The fraction of sp³-hybridized carbons (Fsp3) is 0. The highest BCUT2D eigenvalue weighted by Gasteiger charge is 2.26. The topological polar surface area (TPSA) is 81.8 Å². The van der Waals surface area contributed by atoms with Crippen LogP contribution < -0.4 is 0 Å². The van der Waals surface area contributed by atoms with E-state index in [0.717, 1.165) is 8.66 Å². The molecule has 0 aliphatic carbocycles. The lowest BCUT2D eigenvalue weighted by Gasteiger charge is -2.02. The number of cyclic esters (lactones) is 1. The van der Waals surface area contributed by atoms with E-state index < -0.39 is 10.9 Å². The fourth-order valence-electron chi connectivity index (χ4n) is 1.86. The molecule has 0 fully saturated rings. The van der Waals surface area contributed by atoms with E-state index in [1.165, 1.54) is 29.5 Å². The van der Waals surface area contributed by atoms with Gasteiger partial charge in [0.05, 0.1) is 19.3 Å². The fourth-order valence-corrected chi connectivity index (χ4v) is 3.47. The van der Waals surface area contributed by atoms with Crippen LogP contribution in [0.25, 0.3) is 6.08 Å². The predicted octanol–water partition coefficient (Wildman–Crippen LogP) is 4.42. The van der Waals surface area contributed by atoms with E-state index in [4.69, 9.17) is 16.3 Å². The number of nitro benzene ring substituents is 1. The monoisotopic (exact) mass is 412 g/mol. The van der Waals surface area contributed by atoms with Crippen molar-refractivity contribution in [3.63, 3.8) is 0 Å². The summed E-state index contributed by atoms with van der Waals surface area (Å²) in [5.41, 5.74) is 0.313. The van der Waals surface area contributed by atoms with E-state index in [1.807, 2.05) is 12.1 Å². The van der Waals surface area contributed by atoms with Gasteiger partial charge in [0, 0.05) is 17.0 Å². The second-order valence-corrected chi connectivity index (χ2v) is 7.30. The van der Waals surface area contributed by atoms with Crippen LogP contribution in [-0.2, 0) is 9.53 Å². The van der Waals surface area contributed by atoms with Crippen LogP contribution in [0.2, 0.25) is 5.02 Å². The van der Waals surface area contributed by atoms with Crippen LogP contribution >= 0.6 is 38.9 Å². The first-order valence-electron chi connectivity index (χ1n) is 6.16. The largest absolute Gasteiger partial charge is 0.402 e. The van der Waals surface area contributed by atoms with Crippen LogP contribution in [0.4, 0.5) is 5.69 Å². The number of halogens is 2. The minimum absolute atomic E-state index is 0.0248. The van der Waals surface area contributed by atoms with Crippen LogP contribution in [0.15, 0.2) is 44.8 Å². The molecule has 9 heteroatoms. The molecule has 1 aliphatic heterocycles. The van der Waals surface area contributed by atoms with Crippen LogP contribution in [0, 0.1) is 10.1 Å². The second kappa shape index (κ2) is 6.23. The lowest BCUT2D eigenvalue weighted by Crippen LogP contribution is -2.06. The maximum Gasteiger partial charge on any atom is 0.363 e. The molecule has 0 N–H and O–H groups in total. The smallest absolute Gasteiger partial charge is 0.363 e. The predicted molar refractivity (Wildman–Crippen MR) is 90.7 cm³/mol. The Labute approximate surface area is 147 Å². The maximum atomic E-state index is 11.9. The average Bonchev–Trinajstić information content (AvgIpc) is 3.06. The van der Waals surface area contributed by atoms with Gasteiger partial charge in [-0.25, -0.2) is 9.79 Å². The van der Waals surface area contributed by atoms with E-state index in [9.17, 15) is 14.9 Å². The Hall–Kier alpha value is -2.03. The number of hydrogen-bond donors (Lipinski definition) is 0. The molecule has 0 unspecified atom stereocenters. The lowest BCUT2D eigenvalue weighted by atomic mass is 10.2. The number of rotatable bonds is 3. The molecule has 2 heterocycles. The number of carbonyl (C=O) groups excluding carboxylic acids is 1. The highest BCUT2D eigenvalue weighted by Crippen LogP contribution is 2.29. The summed E-state index contributed by atoms with van der Waals surface area (Å²) < 4.78 is 6.03. The Morgan fingerprint density at radius 3 is 2.74 bits per heavy atom. The molecule has 0 saturated carbocycles. The van der Waals surface area contributed by atoms with Gasteiger partial charge < -0.3 is 4.74 Å². The molecule has 0 saturated heterocycles. The number of aliphatic imine (C=N–C) groups is 1. The number of hydrogen-bond acceptors (Lipinski definition) is 6. The van der Waals surface area contributed by atoms with Crippen molar-refractivity contribution < 1.29 is 14.5 Å². The molecule has 0 spiro atoms. The van der Waals surface area contributed by atoms with Crippen molar-refractivity contribution in [1.82, 2.24) is 0 Å². The molecule has 1 aromatic heterocycles. The van der Waals surface area contributed by atoms with E-state index in [0.29, 0.717) is 5.56 Å². The molecule has 23 heavy (non-hydrogen) atoms. The van der Waals surface area contributed by atoms with Crippen LogP contribution in [0.5, 0.6) is 0 Å². The zero-order valence-corrected chi connectivity index (χ0v) is 14.3. The summed E-state index contributed by atoms with van der Waals surface area (Å²) in [6, 6.07) is 7.55. The molecule has 1 aliphatic rings. The van der Waals surface area contributed by atoms with E-state index >= 15 is 0 Å². The summed E-state index contributed by atoms with van der Waals surface area (Å²) in [7, 11) is 0. The van der Waals surface area contributed by atoms with Crippen LogP contribution in [-0.4, -0.2) is 16.8 Å². The zero-order chi connectivity index (χ0) is 16.6. The minimum Gasteiger partial charge on any atom is -0.402 e. The summed E-state index contributed by atoms with van der Waals surface area (Å²) in [5, 5.41) is 10.8. The van der Waals surface area contributed by atoms with Crippen molar-refractivity contribution in [3.8, 4) is 0 Å². The lowest BCUT2D eigenvalue weighted by molar-refractivity contribution is -0.384. The Morgan fingerprint density at radius 2 is 2.13 bits per heavy atom. The average molecular weight is 414 g/mol. The first-order valence-corrected chi connectivity index (χ1v) is 8.15. The molecule has 1 aromatic carbocycles. The van der Waals surface area contributed by atoms with E-state index in [-0.39, 0.29) is 22.3 Å². The summed E-state index contributed by atoms with van der Waals surface area (Å²) in [6.45, 7) is 0. The molecular weight excluding hydrogens is 408 g/mol. The molecule has 0 amide bonds. The molecule has 116 valence electrons. The third-order valence-electron chi connectivity index (χ3n) is 2.89. The van der Waals surface area contributed by atoms with Gasteiger partial charge in [0.2, 0.25) is 5.90 Å². The highest BCUT2D eigenvalue weighted by molar-refractivity contribution is 9.11. The first-order chi connectivity index (χ1) is 10.9. The van der Waals surface area contributed by atoms with Crippen molar-refractivity contribution in [3.05, 3.63) is 65.4 Å². The number of benzene rings is 1. The maximum absolute atomic E-state index is 11.9. The van der Waals surface area contributed by atoms with Crippen LogP contribution in [0.1, 0.15) is 10.4 Å². The van der Waals surface area contributed by atoms with Gasteiger partial charge in [0.1, 0.15) is 0 Å². The Kier molecular flexibility index (Phi) is 4.29. The third kappa shape index (κ3) is 3.34. The molecule has 6 nitrogen and oxygen atoms in total. The van der Waals surface area contributed by atoms with Gasteiger partial charge in [-0.3, -0.25) is 10.1 Å². The van der Waals surface area contributed by atoms with Gasteiger partial charge in [-0.15, -0.1) is 11.3 Å². The molecule has 2 aromatic rings. The SMILES string of the molecule is O=C1OC(c2ccc([N+](=O)[O-])cc2Cl)=N/C1=C\c1ccc(Br)s1. The number of ether oxygens (including phenoxy) is 1. The Morgan fingerprint density at radius 1 is 1.35 bits per heavy atom. The summed E-state index contributed by atoms with van der Waals surface area (Å²) in [4.78, 5) is 27.0. The molecule has 0 bridgehead atoms. The number of non-ortho nitro benzene ring substituents is 1. The molecule has 0 radical (unpaired) electrons. The van der Waals surface area contributed by atoms with Gasteiger partial charge >= 0.3 is 5.97 Å². The van der Waals surface area contributed by atoms with Crippen molar-refractivity contribution in [2.75, 3.05) is 0 Å². The summed E-state index contributed by atoms with van der Waals surface area (Å²) in [6.07, 6.45) is 1.60. The number of nitro groups is 1. The van der Waals surface area contributed by atoms with Gasteiger partial charge in [0.15, 0.2) is 5.70 Å². The van der Waals surface area contributed by atoms with Crippen molar-refractivity contribution >= 4 is 62.5 Å². The quantitative estimate of drug-likeness (QED) is 0.323. The van der Waals surface area contributed by atoms with Crippen molar-refractivity contribution in [1.29, 1.82) is 0 Å². The molecular formula is C14H6BrClN2O4S. The standard InChI is InChI=1S/C14H6BrClN2O4S/c15-12-4-2-8(23-12)6-11-14(19)22-13(17-11)9-3-1-7(18(20)21)5-10(9)16/h1-6H/b11-6-. The number of carbonyl (C=O) groups is 1. The molecule has 0 atom stereocenters. The number of thiophene rings is 1. The van der Waals surface area contributed by atoms with E-state index in [1.54, 1.807) is 6.08 Å². The van der Waals surface area contributed by atoms with E-state index in [2.05, 4.69) is 20.9 Å². The van der Waals surface area contributed by atoms with Crippen LogP contribution in [0.3, 0.4) is 0 Å². The van der Waals surface area contributed by atoms with Crippen molar-refractivity contribution in [2.45, 2.75) is 0 Å². The Bertz CT molecular complexity index is 891. The first kappa shape index (κ1) is 15.9. The minimum atomic E-state index is -0.598. The summed E-state index contributed by atoms with van der Waals surface area (Å²) >= 11 is 10.8. The van der Waals surface area contributed by atoms with Gasteiger partial charge in [0.25, 0.3) is 5.69 Å². The summed E-state index contributed by atoms with van der Waals surface area (Å²) in [5.74, 6) is -0.573. The number of nitrogens with zero attached hydrogens (tertiary/aromatic N) is 2. The number of esters is 1. The zero-order valence-electron chi connectivity index (χ0n) is 11.2. The van der Waals surface area contributed by atoms with Crippen molar-refractivity contribution in [2.24, 2.45) is 4.99 Å². The third-order valence-corrected chi connectivity index (χ3v) is 4.77. The van der Waals surface area contributed by atoms with Gasteiger partial charge in [-0.1, -0.05) is 11.6 Å². The van der Waals surface area contributed by atoms with Gasteiger partial charge in [-0.2, -0.15) is 0 Å². The Balaban J connectivity index is 1.95. The second-order valence-electron chi connectivity index (χ2n) is 4.40. The normalized spacial score (nSPS) is 15.7. The van der Waals surface area contributed by atoms with Gasteiger partial charge in [-0.05, 0) is 40.2 Å². The molecule has 3 rings (SSSR count). The highest BCUT2D eigenvalue weighted by atomic mass is 79.9.